The zero-order valence-corrected chi connectivity index (χ0v) is 17.9. The lowest BCUT2D eigenvalue weighted by Crippen LogP contribution is -2.45. The molecule has 1 aromatic heterocycles. The van der Waals surface area contributed by atoms with Gasteiger partial charge in [-0.3, -0.25) is 4.79 Å². The molecule has 0 saturated carbocycles. The van der Waals surface area contributed by atoms with Gasteiger partial charge in [-0.2, -0.15) is 0 Å². The molecule has 0 aliphatic carbocycles. The second-order valence-corrected chi connectivity index (χ2v) is 7.90. The van der Waals surface area contributed by atoms with Gasteiger partial charge in [0.05, 0.1) is 5.69 Å². The van der Waals surface area contributed by atoms with Crippen LogP contribution in [-0.2, 0) is 4.79 Å². The fraction of sp³-hybridized carbons (Fsp3) is 0.320. The van der Waals surface area contributed by atoms with Crippen LogP contribution in [0.15, 0.2) is 73.1 Å². The van der Waals surface area contributed by atoms with Crippen LogP contribution in [0.25, 0.3) is 5.69 Å². The molecule has 2 aromatic carbocycles. The van der Waals surface area contributed by atoms with E-state index in [-0.39, 0.29) is 18.0 Å². The van der Waals surface area contributed by atoms with E-state index in [0.717, 1.165) is 16.8 Å². The average molecular weight is 391 g/mol. The highest BCUT2D eigenvalue weighted by atomic mass is 16.5. The number of para-hydroxylation sites is 2. The first-order valence-electron chi connectivity index (χ1n) is 10.2. The molecule has 0 aliphatic rings. The predicted octanol–water partition coefficient (Wildman–Crippen LogP) is 5.55. The Kier molecular flexibility index (Phi) is 6.42. The van der Waals surface area contributed by atoms with E-state index in [0.29, 0.717) is 5.75 Å². The number of amides is 1. The molecule has 0 N–H and O–H groups in total. The van der Waals surface area contributed by atoms with Crippen LogP contribution in [0.5, 0.6) is 5.75 Å². The summed E-state index contributed by atoms with van der Waals surface area (Å²) in [5, 5.41) is 0. The Hall–Kier alpha value is -3.01. The lowest BCUT2D eigenvalue weighted by molar-refractivity contribution is -0.142. The van der Waals surface area contributed by atoms with Crippen molar-refractivity contribution >= 4 is 5.91 Å². The first kappa shape index (κ1) is 20.7. The molecule has 1 amide bonds. The summed E-state index contributed by atoms with van der Waals surface area (Å²) in [5.74, 6) is 0.649. The number of benzene rings is 2. The van der Waals surface area contributed by atoms with Gasteiger partial charge < -0.3 is 14.2 Å². The summed E-state index contributed by atoms with van der Waals surface area (Å²) in [5.41, 5.74) is 2.91. The highest BCUT2D eigenvalue weighted by molar-refractivity contribution is 5.83. The number of ether oxygens (including phenoxy) is 1. The van der Waals surface area contributed by atoms with Crippen LogP contribution in [-0.4, -0.2) is 27.5 Å². The van der Waals surface area contributed by atoms with Crippen LogP contribution in [0.2, 0.25) is 0 Å². The number of hydrogen-bond acceptors (Lipinski definition) is 2. The Labute approximate surface area is 173 Å². The molecule has 1 unspecified atom stereocenters. The molecular weight excluding hydrogens is 360 g/mol. The average Bonchev–Trinajstić information content (AvgIpc) is 3.21. The van der Waals surface area contributed by atoms with Crippen LogP contribution >= 0.6 is 0 Å². The molecule has 152 valence electrons. The highest BCUT2D eigenvalue weighted by Crippen LogP contribution is 2.30. The fourth-order valence-electron chi connectivity index (χ4n) is 3.64. The van der Waals surface area contributed by atoms with Gasteiger partial charge in [-0.15, -0.1) is 0 Å². The second kappa shape index (κ2) is 8.99. The smallest absolute Gasteiger partial charge is 0.268 e. The zero-order valence-electron chi connectivity index (χ0n) is 17.9. The maximum atomic E-state index is 13.6. The summed E-state index contributed by atoms with van der Waals surface area (Å²) in [6.07, 6.45) is 3.23. The van der Waals surface area contributed by atoms with Crippen LogP contribution < -0.4 is 4.74 Å². The lowest BCUT2D eigenvalue weighted by atomic mass is 10.0. The molecule has 0 aliphatic heterocycles. The topological polar surface area (TPSA) is 34.5 Å². The van der Waals surface area contributed by atoms with Crippen molar-refractivity contribution in [2.45, 2.75) is 52.8 Å². The number of aryl methyl sites for hydroxylation is 1. The molecule has 4 nitrogen and oxygen atoms in total. The number of nitrogens with zero attached hydrogens (tertiary/aromatic N) is 2. The number of carbonyl (C=O) groups excluding carboxylic acids is 1. The first-order valence-corrected chi connectivity index (χ1v) is 10.2. The molecule has 0 radical (unpaired) electrons. The largest absolute Gasteiger partial charge is 0.474 e. The van der Waals surface area contributed by atoms with Crippen molar-refractivity contribution in [3.63, 3.8) is 0 Å². The molecule has 0 bridgehead atoms. The Morgan fingerprint density at radius 2 is 1.45 bits per heavy atom. The van der Waals surface area contributed by atoms with Crippen LogP contribution in [0.3, 0.4) is 0 Å². The van der Waals surface area contributed by atoms with Crippen molar-refractivity contribution in [3.8, 4) is 11.4 Å². The van der Waals surface area contributed by atoms with E-state index in [1.807, 2.05) is 117 Å². The first-order chi connectivity index (χ1) is 13.9. The third-order valence-corrected chi connectivity index (χ3v) is 4.96. The maximum Gasteiger partial charge on any atom is 0.268 e. The molecule has 4 heteroatoms. The highest BCUT2D eigenvalue weighted by Gasteiger charge is 2.31. The van der Waals surface area contributed by atoms with Crippen molar-refractivity contribution in [2.24, 2.45) is 0 Å². The minimum Gasteiger partial charge on any atom is -0.474 e. The maximum absolute atomic E-state index is 13.6. The van der Waals surface area contributed by atoms with Gasteiger partial charge in [-0.05, 0) is 58.9 Å². The zero-order chi connectivity index (χ0) is 21.0. The quantitative estimate of drug-likeness (QED) is 0.530. The molecule has 0 fully saturated rings. The van der Waals surface area contributed by atoms with E-state index >= 15 is 0 Å². The minimum absolute atomic E-state index is 0.0267. The van der Waals surface area contributed by atoms with Gasteiger partial charge in [0.15, 0.2) is 0 Å². The molecule has 3 rings (SSSR count). The van der Waals surface area contributed by atoms with Gasteiger partial charge in [-0.25, -0.2) is 0 Å². The Morgan fingerprint density at radius 3 is 2.03 bits per heavy atom. The number of carbonyl (C=O) groups is 1. The van der Waals surface area contributed by atoms with E-state index in [2.05, 4.69) is 0 Å². The summed E-state index contributed by atoms with van der Waals surface area (Å²) >= 11 is 0. The van der Waals surface area contributed by atoms with E-state index in [9.17, 15) is 4.79 Å². The molecule has 1 atom stereocenters. The predicted molar refractivity (Wildman–Crippen MR) is 117 cm³/mol. The number of aromatic nitrogens is 1. The Bertz CT molecular complexity index is 920. The monoisotopic (exact) mass is 390 g/mol. The van der Waals surface area contributed by atoms with Gasteiger partial charge in [0.25, 0.3) is 5.91 Å². The Morgan fingerprint density at radius 1 is 0.862 bits per heavy atom. The van der Waals surface area contributed by atoms with Gasteiger partial charge in [0.2, 0.25) is 6.10 Å². The molecular formula is C25H30N2O2. The third kappa shape index (κ3) is 4.70. The summed E-state index contributed by atoms with van der Waals surface area (Å²) in [6, 6.07) is 19.9. The summed E-state index contributed by atoms with van der Waals surface area (Å²) in [4.78, 5) is 15.5. The second-order valence-electron chi connectivity index (χ2n) is 7.90. The number of hydrogen-bond donors (Lipinski definition) is 0. The van der Waals surface area contributed by atoms with E-state index in [1.54, 1.807) is 0 Å². The van der Waals surface area contributed by atoms with E-state index in [4.69, 9.17) is 4.74 Å². The van der Waals surface area contributed by atoms with Crippen LogP contribution in [0, 0.1) is 6.92 Å². The van der Waals surface area contributed by atoms with Gasteiger partial charge >= 0.3 is 0 Å². The molecule has 3 aromatic rings. The summed E-state index contributed by atoms with van der Waals surface area (Å²) in [7, 11) is 0. The van der Waals surface area contributed by atoms with Gasteiger partial charge in [-0.1, -0.05) is 42.0 Å². The van der Waals surface area contributed by atoms with Gasteiger partial charge in [0.1, 0.15) is 5.75 Å². The molecule has 29 heavy (non-hydrogen) atoms. The summed E-state index contributed by atoms with van der Waals surface area (Å²) < 4.78 is 8.42. The molecule has 0 saturated heterocycles. The van der Waals surface area contributed by atoms with Crippen LogP contribution in [0.4, 0.5) is 0 Å². The standard InChI is InChI=1S/C25H30N2O2/c1-18(2)27(19(3)4)25(28)24(21-14-12-20(5)13-15-21)29-23-11-7-6-10-22(23)26-16-8-9-17-26/h6-19,24H,1-5H3. The summed E-state index contributed by atoms with van der Waals surface area (Å²) in [6.45, 7) is 10.2. The number of rotatable bonds is 7. The van der Waals surface area contributed by atoms with Crippen molar-refractivity contribution in [1.29, 1.82) is 0 Å². The van der Waals surface area contributed by atoms with E-state index < -0.39 is 6.10 Å². The van der Waals surface area contributed by atoms with Crippen molar-refractivity contribution in [1.82, 2.24) is 9.47 Å². The normalized spacial score (nSPS) is 12.2. The minimum atomic E-state index is -0.711. The SMILES string of the molecule is Cc1ccc(C(Oc2ccccc2-n2cccc2)C(=O)N(C(C)C)C(C)C)cc1. The Balaban J connectivity index is 2.03. The molecule has 0 spiro atoms. The lowest BCUT2D eigenvalue weighted by Gasteiger charge is -2.34. The molecule has 1 heterocycles. The third-order valence-electron chi connectivity index (χ3n) is 4.96. The van der Waals surface area contributed by atoms with E-state index in [1.165, 1.54) is 0 Å². The van der Waals surface area contributed by atoms with Crippen molar-refractivity contribution in [3.05, 3.63) is 84.2 Å². The fourth-order valence-corrected chi connectivity index (χ4v) is 3.64. The van der Waals surface area contributed by atoms with Crippen LogP contribution in [0.1, 0.15) is 44.9 Å². The van der Waals surface area contributed by atoms with Crippen molar-refractivity contribution in [2.75, 3.05) is 0 Å². The van der Waals surface area contributed by atoms with Crippen molar-refractivity contribution < 1.29 is 9.53 Å². The van der Waals surface area contributed by atoms with Gasteiger partial charge in [0, 0.05) is 30.0 Å².